The number of aryl methyl sites for hydroxylation is 1. The molecule has 0 amide bonds. The third-order valence-electron chi connectivity index (χ3n) is 14.2. The van der Waals surface area contributed by atoms with Crippen molar-refractivity contribution in [1.82, 2.24) is 0 Å². The highest BCUT2D eigenvalue weighted by Gasteiger charge is 2.57. The molecule has 0 radical (unpaired) electrons. The number of allylic oxidation sites excluding steroid dienone is 1. The average molecular weight is 605 g/mol. The van der Waals surface area contributed by atoms with E-state index in [1.807, 2.05) is 6.26 Å². The number of esters is 1. The predicted molar refractivity (Wildman–Crippen MR) is 177 cm³/mol. The molecule has 5 fully saturated rings. The van der Waals surface area contributed by atoms with E-state index in [2.05, 4.69) is 54.2 Å². The Balaban J connectivity index is 1.18. The first-order valence-electron chi connectivity index (χ1n) is 18.0. The van der Waals surface area contributed by atoms with Crippen LogP contribution in [0.3, 0.4) is 0 Å². The molecule has 4 nitrogen and oxygen atoms in total. The van der Waals surface area contributed by atoms with Gasteiger partial charge in [0.15, 0.2) is 0 Å². The second kappa shape index (κ2) is 11.8. The van der Waals surface area contributed by atoms with Crippen LogP contribution in [-0.4, -0.2) is 18.4 Å². The summed E-state index contributed by atoms with van der Waals surface area (Å²) in [5, 5.41) is 0. The summed E-state index contributed by atoms with van der Waals surface area (Å²) in [7, 11) is 0. The molecule has 1 saturated heterocycles. The van der Waals surface area contributed by atoms with E-state index < -0.39 is 6.29 Å². The lowest BCUT2D eigenvalue weighted by Gasteiger charge is -2.59. The Morgan fingerprint density at radius 3 is 2.25 bits per heavy atom. The average Bonchev–Trinajstić information content (AvgIpc) is 3.57. The number of cyclic esters (lactones) is 1. The van der Waals surface area contributed by atoms with Gasteiger partial charge in [-0.25, -0.2) is 0 Å². The van der Waals surface area contributed by atoms with Crippen LogP contribution in [0.1, 0.15) is 131 Å². The molecule has 2 heterocycles. The number of hydrogen-bond acceptors (Lipinski definition) is 4. The molecule has 1 aromatic rings. The van der Waals surface area contributed by atoms with Crippen molar-refractivity contribution < 1.29 is 18.7 Å². The zero-order valence-corrected chi connectivity index (χ0v) is 28.7. The lowest BCUT2D eigenvalue weighted by atomic mass is 9.46. The van der Waals surface area contributed by atoms with Gasteiger partial charge >= 0.3 is 5.97 Å². The van der Waals surface area contributed by atoms with Gasteiger partial charge in [0.2, 0.25) is 6.29 Å². The van der Waals surface area contributed by atoms with Crippen molar-refractivity contribution in [2.24, 2.45) is 51.2 Å². The van der Waals surface area contributed by atoms with Crippen molar-refractivity contribution in [3.05, 3.63) is 48.5 Å². The van der Waals surface area contributed by atoms with E-state index in [4.69, 9.17) is 20.5 Å². The van der Waals surface area contributed by atoms with E-state index in [-0.39, 0.29) is 28.8 Å². The predicted octanol–water partition coefficient (Wildman–Crippen LogP) is 10.5. The second-order valence-electron chi connectivity index (χ2n) is 17.6. The largest absolute Gasteiger partial charge is 0.472 e. The first-order valence-corrected chi connectivity index (χ1v) is 18.0. The van der Waals surface area contributed by atoms with Crippen LogP contribution in [0.4, 0.5) is 0 Å². The van der Waals surface area contributed by atoms with E-state index in [1.165, 1.54) is 61.7 Å². The lowest BCUT2D eigenvalue weighted by Crippen LogP contribution is -2.54. The van der Waals surface area contributed by atoms with E-state index in [0.29, 0.717) is 35.0 Å². The zero-order chi connectivity index (χ0) is 31.5. The molecule has 5 aliphatic rings. The third kappa shape index (κ3) is 5.69. The summed E-state index contributed by atoms with van der Waals surface area (Å²) in [6, 6.07) is 2.09. The maximum Gasteiger partial charge on any atom is 0.308 e. The van der Waals surface area contributed by atoms with Gasteiger partial charge in [-0.1, -0.05) is 73.1 Å². The van der Waals surface area contributed by atoms with Gasteiger partial charge in [-0.2, -0.15) is 0 Å². The van der Waals surface area contributed by atoms with Gasteiger partial charge in [0.25, 0.3) is 0 Å². The van der Waals surface area contributed by atoms with Crippen LogP contribution >= 0.6 is 0 Å². The molecule has 4 heteroatoms. The van der Waals surface area contributed by atoms with Crippen LogP contribution in [0.15, 0.2) is 47.3 Å². The maximum atomic E-state index is 12.8. The maximum absolute atomic E-state index is 12.8. The van der Waals surface area contributed by atoms with E-state index in [9.17, 15) is 4.79 Å². The minimum Gasteiger partial charge on any atom is -0.472 e. The van der Waals surface area contributed by atoms with Crippen LogP contribution in [0, 0.1) is 51.2 Å². The molecule has 4 saturated carbocycles. The molecule has 0 aromatic carbocycles. The molecule has 9 atom stereocenters. The fourth-order valence-corrected chi connectivity index (χ4v) is 11.9. The number of carbonyl (C=O) groups excluding carboxylic acids is 1. The van der Waals surface area contributed by atoms with Gasteiger partial charge < -0.3 is 13.9 Å². The molecule has 0 unspecified atom stereocenters. The van der Waals surface area contributed by atoms with Crippen LogP contribution < -0.4 is 0 Å². The van der Waals surface area contributed by atoms with E-state index >= 15 is 0 Å². The molecular formula is C40H60O4. The van der Waals surface area contributed by atoms with Gasteiger partial charge in [0, 0.05) is 5.92 Å². The summed E-state index contributed by atoms with van der Waals surface area (Å²) in [5.74, 6) is 2.16. The van der Waals surface area contributed by atoms with Crippen LogP contribution in [0.25, 0.3) is 0 Å². The molecule has 6 rings (SSSR count). The van der Waals surface area contributed by atoms with E-state index in [0.717, 1.165) is 44.4 Å². The minimum absolute atomic E-state index is 0.0797. The smallest absolute Gasteiger partial charge is 0.308 e. The fourth-order valence-electron chi connectivity index (χ4n) is 11.9. The fraction of sp³-hybridized carbons (Fsp3) is 0.775. The Hall–Kier alpha value is -1.81. The standard InChI is InChI=1S/C40H60O4/c1-26-11-16-33-37(3,4)18-9-20-39(33,7)30(26)15-13-29-23-35(41)44-36(29)43-32-24-34-38(5,6)19-10-21-40(34,8)31(27(32)2)14-12-28-17-22-42-25-28/h17,22,25,29-34,36H,1-2,9-16,18-21,23-24H2,3-8H3/t29-,30-,31+,32-,33+,34+,36-,39+,40-/m0/s1. The third-order valence-corrected chi connectivity index (χ3v) is 14.2. The molecule has 44 heavy (non-hydrogen) atoms. The summed E-state index contributed by atoms with van der Waals surface area (Å²) in [6.07, 6.45) is 18.7. The number of fused-ring (bicyclic) bond motifs is 2. The molecule has 0 bridgehead atoms. The van der Waals surface area contributed by atoms with Crippen LogP contribution in [-0.2, 0) is 20.7 Å². The summed E-state index contributed by atoms with van der Waals surface area (Å²) >= 11 is 0. The monoisotopic (exact) mass is 604 g/mol. The highest BCUT2D eigenvalue weighted by molar-refractivity contribution is 5.71. The van der Waals surface area contributed by atoms with Gasteiger partial charge in [0.1, 0.15) is 0 Å². The molecule has 0 spiro atoms. The van der Waals surface area contributed by atoms with Crippen molar-refractivity contribution >= 4 is 5.97 Å². The topological polar surface area (TPSA) is 48.7 Å². The number of furan rings is 1. The molecule has 4 aliphatic carbocycles. The van der Waals surface area contributed by atoms with Crippen molar-refractivity contribution in [1.29, 1.82) is 0 Å². The molecule has 244 valence electrons. The highest BCUT2D eigenvalue weighted by atomic mass is 16.7. The molecule has 1 aromatic heterocycles. The first kappa shape index (κ1) is 32.1. The summed E-state index contributed by atoms with van der Waals surface area (Å²) in [6.45, 7) is 24.3. The van der Waals surface area contributed by atoms with Gasteiger partial charge in [-0.05, 0) is 133 Å². The second-order valence-corrected chi connectivity index (χ2v) is 17.6. The number of ether oxygens (including phenoxy) is 2. The Morgan fingerprint density at radius 1 is 0.886 bits per heavy atom. The summed E-state index contributed by atoms with van der Waals surface area (Å²) in [4.78, 5) is 12.8. The molecule has 0 N–H and O–H groups in total. The number of rotatable bonds is 8. The SMILES string of the molecule is C=C1[C@@H](O[C@H]2OC(=O)C[C@@H]2CC[C@H]2C(=C)CC[C@@H]3C(C)(C)CCC[C@@]32C)C[C@@H]2C(C)(C)CCC[C@@]2(C)[C@@H]1CCc1ccoc1. The van der Waals surface area contributed by atoms with Gasteiger partial charge in [0.05, 0.1) is 25.1 Å². The lowest BCUT2D eigenvalue weighted by molar-refractivity contribution is -0.192. The number of carbonyl (C=O) groups is 1. The quantitative estimate of drug-likeness (QED) is 0.219. The van der Waals surface area contributed by atoms with Crippen LogP contribution in [0.5, 0.6) is 0 Å². The Labute approximate surface area is 267 Å². The Kier molecular flexibility index (Phi) is 8.60. The van der Waals surface area contributed by atoms with Gasteiger partial charge in [-0.15, -0.1) is 0 Å². The van der Waals surface area contributed by atoms with Crippen LogP contribution in [0.2, 0.25) is 0 Å². The highest BCUT2D eigenvalue weighted by Crippen LogP contribution is 2.63. The molecular weight excluding hydrogens is 544 g/mol. The summed E-state index contributed by atoms with van der Waals surface area (Å²) < 4.78 is 18.3. The van der Waals surface area contributed by atoms with Gasteiger partial charge in [-0.3, -0.25) is 4.79 Å². The van der Waals surface area contributed by atoms with Crippen molar-refractivity contribution in [2.45, 2.75) is 144 Å². The Morgan fingerprint density at radius 2 is 1.57 bits per heavy atom. The van der Waals surface area contributed by atoms with Crippen molar-refractivity contribution in [3.8, 4) is 0 Å². The van der Waals surface area contributed by atoms with Crippen molar-refractivity contribution in [3.63, 3.8) is 0 Å². The first-order chi connectivity index (χ1) is 20.7. The van der Waals surface area contributed by atoms with Crippen molar-refractivity contribution in [2.75, 3.05) is 0 Å². The normalized spacial score (nSPS) is 41.6. The number of hydrogen-bond donors (Lipinski definition) is 0. The minimum atomic E-state index is -0.474. The Bertz CT molecular complexity index is 1220. The zero-order valence-electron chi connectivity index (χ0n) is 28.7. The molecule has 1 aliphatic heterocycles. The summed E-state index contributed by atoms with van der Waals surface area (Å²) in [5.41, 5.74) is 5.04. The van der Waals surface area contributed by atoms with E-state index in [1.54, 1.807) is 6.26 Å².